The molecule has 84 valence electrons. The second-order valence-corrected chi connectivity index (χ2v) is 5.19. The SMILES string of the molecule is CCn1cc(CC2(C)CCC(N)C2)cn1. The first kappa shape index (κ1) is 10.7. The van der Waals surface area contributed by atoms with E-state index in [2.05, 4.69) is 25.1 Å². The molecule has 1 aromatic heterocycles. The first-order chi connectivity index (χ1) is 7.11. The zero-order valence-electron chi connectivity index (χ0n) is 9.74. The van der Waals surface area contributed by atoms with E-state index in [1.54, 1.807) is 0 Å². The molecule has 15 heavy (non-hydrogen) atoms. The minimum absolute atomic E-state index is 0.404. The van der Waals surface area contributed by atoms with Crippen molar-refractivity contribution >= 4 is 0 Å². The number of aromatic nitrogens is 2. The summed E-state index contributed by atoms with van der Waals surface area (Å²) in [6, 6.07) is 0.413. The molecule has 2 atom stereocenters. The molecule has 1 aromatic rings. The van der Waals surface area contributed by atoms with Crippen LogP contribution >= 0.6 is 0 Å². The molecular formula is C12H21N3. The van der Waals surface area contributed by atoms with Gasteiger partial charge >= 0.3 is 0 Å². The molecule has 0 bridgehead atoms. The number of hydrogen-bond donors (Lipinski definition) is 1. The average molecular weight is 207 g/mol. The fourth-order valence-corrected chi connectivity index (χ4v) is 2.69. The van der Waals surface area contributed by atoms with Crippen molar-refractivity contribution in [1.82, 2.24) is 9.78 Å². The third-order valence-electron chi connectivity index (χ3n) is 3.52. The molecule has 2 rings (SSSR count). The molecule has 0 spiro atoms. The van der Waals surface area contributed by atoms with Crippen LogP contribution in [0.15, 0.2) is 12.4 Å². The summed E-state index contributed by atoms with van der Waals surface area (Å²) < 4.78 is 1.99. The molecule has 3 nitrogen and oxygen atoms in total. The minimum Gasteiger partial charge on any atom is -0.328 e. The van der Waals surface area contributed by atoms with Gasteiger partial charge in [-0.25, -0.2) is 0 Å². The fourth-order valence-electron chi connectivity index (χ4n) is 2.69. The Labute approximate surface area is 91.7 Å². The topological polar surface area (TPSA) is 43.8 Å². The molecule has 0 amide bonds. The molecular weight excluding hydrogens is 186 g/mol. The van der Waals surface area contributed by atoms with Crippen LogP contribution in [0.3, 0.4) is 0 Å². The van der Waals surface area contributed by atoms with E-state index in [-0.39, 0.29) is 0 Å². The smallest absolute Gasteiger partial charge is 0.0521 e. The first-order valence-corrected chi connectivity index (χ1v) is 5.88. The Kier molecular flexibility index (Phi) is 2.83. The Morgan fingerprint density at radius 2 is 2.47 bits per heavy atom. The zero-order chi connectivity index (χ0) is 10.9. The highest BCUT2D eigenvalue weighted by atomic mass is 15.3. The molecule has 1 aliphatic carbocycles. The number of aryl methyl sites for hydroxylation is 1. The van der Waals surface area contributed by atoms with Crippen LogP contribution in [0.4, 0.5) is 0 Å². The third-order valence-corrected chi connectivity index (χ3v) is 3.52. The number of nitrogens with two attached hydrogens (primary N) is 1. The Bertz CT molecular complexity index is 331. The van der Waals surface area contributed by atoms with Gasteiger partial charge in [0.05, 0.1) is 6.20 Å². The first-order valence-electron chi connectivity index (χ1n) is 5.88. The van der Waals surface area contributed by atoms with Crippen molar-refractivity contribution in [3.05, 3.63) is 18.0 Å². The maximum Gasteiger partial charge on any atom is 0.0521 e. The summed E-state index contributed by atoms with van der Waals surface area (Å²) in [5.41, 5.74) is 7.73. The third kappa shape index (κ3) is 2.40. The number of hydrogen-bond acceptors (Lipinski definition) is 2. The Balaban J connectivity index is 2.02. The lowest BCUT2D eigenvalue weighted by molar-refractivity contribution is 0.329. The molecule has 1 aliphatic rings. The van der Waals surface area contributed by atoms with E-state index in [9.17, 15) is 0 Å². The highest BCUT2D eigenvalue weighted by Crippen LogP contribution is 2.39. The summed E-state index contributed by atoms with van der Waals surface area (Å²) >= 11 is 0. The van der Waals surface area contributed by atoms with Crippen LogP contribution in [0.1, 0.15) is 38.7 Å². The molecule has 0 aromatic carbocycles. The molecule has 2 N–H and O–H groups in total. The molecule has 3 heteroatoms. The van der Waals surface area contributed by atoms with Crippen LogP contribution in [0, 0.1) is 5.41 Å². The fraction of sp³-hybridized carbons (Fsp3) is 0.750. The average Bonchev–Trinajstić information content (AvgIpc) is 2.74. The van der Waals surface area contributed by atoms with Crippen molar-refractivity contribution in [2.75, 3.05) is 0 Å². The molecule has 1 fully saturated rings. The van der Waals surface area contributed by atoms with Crippen LogP contribution in [0.5, 0.6) is 0 Å². The van der Waals surface area contributed by atoms with Crippen molar-refractivity contribution in [2.45, 2.75) is 52.1 Å². The summed E-state index contributed by atoms with van der Waals surface area (Å²) in [7, 11) is 0. The standard InChI is InChI=1S/C12H21N3/c1-3-15-9-10(8-14-15)6-12(2)5-4-11(13)7-12/h8-9,11H,3-7,13H2,1-2H3. The summed E-state index contributed by atoms with van der Waals surface area (Å²) in [6.07, 6.45) is 8.88. The highest BCUT2D eigenvalue weighted by molar-refractivity contribution is 5.08. The maximum absolute atomic E-state index is 5.97. The Morgan fingerprint density at radius 1 is 1.67 bits per heavy atom. The van der Waals surface area contributed by atoms with Gasteiger partial charge in [-0.15, -0.1) is 0 Å². The van der Waals surface area contributed by atoms with E-state index in [1.807, 2.05) is 10.9 Å². The van der Waals surface area contributed by atoms with Crippen molar-refractivity contribution in [3.8, 4) is 0 Å². The van der Waals surface area contributed by atoms with Gasteiger partial charge in [0, 0.05) is 18.8 Å². The largest absolute Gasteiger partial charge is 0.328 e. The van der Waals surface area contributed by atoms with Gasteiger partial charge in [-0.1, -0.05) is 6.92 Å². The predicted octanol–water partition coefficient (Wildman–Crippen LogP) is 1.96. The molecule has 1 heterocycles. The minimum atomic E-state index is 0.404. The second-order valence-electron chi connectivity index (χ2n) is 5.19. The van der Waals surface area contributed by atoms with Crippen molar-refractivity contribution < 1.29 is 0 Å². The van der Waals surface area contributed by atoms with Gasteiger partial charge in [0.25, 0.3) is 0 Å². The van der Waals surface area contributed by atoms with Crippen LogP contribution in [0.25, 0.3) is 0 Å². The van der Waals surface area contributed by atoms with Gasteiger partial charge in [-0.3, -0.25) is 4.68 Å². The molecule has 2 unspecified atom stereocenters. The van der Waals surface area contributed by atoms with E-state index in [0.717, 1.165) is 19.4 Å². The lowest BCUT2D eigenvalue weighted by atomic mass is 9.83. The molecule has 0 saturated heterocycles. The van der Waals surface area contributed by atoms with E-state index < -0.39 is 0 Å². The van der Waals surface area contributed by atoms with E-state index in [1.165, 1.54) is 18.4 Å². The summed E-state index contributed by atoms with van der Waals surface area (Å²) in [5, 5.41) is 4.31. The second kappa shape index (κ2) is 3.97. The quantitative estimate of drug-likeness (QED) is 0.823. The summed E-state index contributed by atoms with van der Waals surface area (Å²) in [4.78, 5) is 0. The molecule has 0 aliphatic heterocycles. The van der Waals surface area contributed by atoms with Gasteiger partial charge in [-0.2, -0.15) is 5.10 Å². The maximum atomic E-state index is 5.97. The normalized spacial score (nSPS) is 31.0. The van der Waals surface area contributed by atoms with E-state index >= 15 is 0 Å². The van der Waals surface area contributed by atoms with Crippen LogP contribution in [-0.2, 0) is 13.0 Å². The predicted molar refractivity (Wildman–Crippen MR) is 61.5 cm³/mol. The summed E-state index contributed by atoms with van der Waals surface area (Å²) in [6.45, 7) is 5.42. The van der Waals surface area contributed by atoms with Crippen molar-refractivity contribution in [3.63, 3.8) is 0 Å². The van der Waals surface area contributed by atoms with E-state index in [4.69, 9.17) is 5.73 Å². The van der Waals surface area contributed by atoms with Gasteiger partial charge in [0.15, 0.2) is 0 Å². The van der Waals surface area contributed by atoms with Crippen LogP contribution in [0.2, 0.25) is 0 Å². The van der Waals surface area contributed by atoms with Gasteiger partial charge in [0.2, 0.25) is 0 Å². The lowest BCUT2D eigenvalue weighted by Crippen LogP contribution is -2.20. The monoisotopic (exact) mass is 207 g/mol. The Morgan fingerprint density at radius 3 is 3.00 bits per heavy atom. The molecule has 1 saturated carbocycles. The highest BCUT2D eigenvalue weighted by Gasteiger charge is 2.33. The lowest BCUT2D eigenvalue weighted by Gasteiger charge is -2.22. The number of rotatable bonds is 3. The summed E-state index contributed by atoms with van der Waals surface area (Å²) in [5.74, 6) is 0. The van der Waals surface area contributed by atoms with Crippen LogP contribution in [-0.4, -0.2) is 15.8 Å². The zero-order valence-corrected chi connectivity index (χ0v) is 9.74. The van der Waals surface area contributed by atoms with Gasteiger partial charge in [-0.05, 0) is 43.6 Å². The Hall–Kier alpha value is -0.830. The van der Waals surface area contributed by atoms with Gasteiger partial charge < -0.3 is 5.73 Å². The van der Waals surface area contributed by atoms with Crippen molar-refractivity contribution in [1.29, 1.82) is 0 Å². The van der Waals surface area contributed by atoms with Crippen LogP contribution < -0.4 is 5.73 Å². The molecule has 0 radical (unpaired) electrons. The number of nitrogens with zero attached hydrogens (tertiary/aromatic N) is 2. The van der Waals surface area contributed by atoms with Gasteiger partial charge in [0.1, 0.15) is 0 Å². The van der Waals surface area contributed by atoms with Crippen molar-refractivity contribution in [2.24, 2.45) is 11.1 Å². The van der Waals surface area contributed by atoms with E-state index in [0.29, 0.717) is 11.5 Å².